The van der Waals surface area contributed by atoms with Gasteiger partial charge in [0.1, 0.15) is 18.4 Å². The third-order valence-electron chi connectivity index (χ3n) is 5.63. The van der Waals surface area contributed by atoms with Crippen molar-refractivity contribution < 1.29 is 9.53 Å². The number of rotatable bonds is 1. The lowest BCUT2D eigenvalue weighted by molar-refractivity contribution is -0.122. The smallest absolute Gasteiger partial charge is 0.262 e. The minimum absolute atomic E-state index is 0. The first-order chi connectivity index (χ1) is 12.0. The normalized spacial score (nSPS) is 23.0. The van der Waals surface area contributed by atoms with Gasteiger partial charge in [0, 0.05) is 24.7 Å². The van der Waals surface area contributed by atoms with E-state index in [0.717, 1.165) is 30.4 Å². The first-order valence-electron chi connectivity index (χ1n) is 8.63. The van der Waals surface area contributed by atoms with Crippen molar-refractivity contribution in [3.8, 4) is 5.75 Å². The molecule has 5 rings (SSSR count). The molecule has 1 atom stereocenters. The number of carbonyl (C=O) groups excluding carboxylic acids is 1. The lowest BCUT2D eigenvalue weighted by atomic mass is 9.94. The first kappa shape index (κ1) is 17.2. The van der Waals surface area contributed by atoms with E-state index >= 15 is 0 Å². The summed E-state index contributed by atoms with van der Waals surface area (Å²) in [7, 11) is 0. The molecular weight excluding hydrogens is 354 g/mol. The van der Waals surface area contributed by atoms with Crippen LogP contribution in [0.3, 0.4) is 0 Å². The van der Waals surface area contributed by atoms with Crippen LogP contribution in [0.2, 0.25) is 0 Å². The number of anilines is 1. The molecule has 0 unspecified atom stereocenters. The number of halogens is 1. The van der Waals surface area contributed by atoms with E-state index in [1.807, 2.05) is 11.8 Å². The van der Waals surface area contributed by atoms with E-state index in [9.17, 15) is 4.79 Å². The van der Waals surface area contributed by atoms with Crippen molar-refractivity contribution >= 4 is 40.7 Å². The molecule has 1 aromatic carbocycles. The lowest BCUT2D eigenvalue weighted by Gasteiger charge is -2.42. The largest absolute Gasteiger partial charge is 0.483 e. The Kier molecular flexibility index (Phi) is 3.71. The number of hydrogen-bond donors (Lipinski definition) is 2. The van der Waals surface area contributed by atoms with Crippen LogP contribution >= 0.6 is 12.4 Å². The molecule has 1 aromatic heterocycles. The van der Waals surface area contributed by atoms with Crippen LogP contribution in [0.15, 0.2) is 23.4 Å². The number of benzene rings is 1. The molecule has 3 aliphatic rings. The monoisotopic (exact) mass is 375 g/mol. The molecule has 0 aliphatic carbocycles. The average molecular weight is 376 g/mol. The number of aromatic nitrogens is 1. The zero-order valence-electron chi connectivity index (χ0n) is 15.0. The zero-order valence-corrected chi connectivity index (χ0v) is 15.8. The quantitative estimate of drug-likeness (QED) is 0.796. The summed E-state index contributed by atoms with van der Waals surface area (Å²) in [4.78, 5) is 14.1. The molecule has 2 N–H and O–H groups in total. The number of carbonyl (C=O) groups is 1. The highest BCUT2D eigenvalue weighted by molar-refractivity contribution is 6.10. The number of amides is 1. The molecule has 138 valence electrons. The first-order valence-corrected chi connectivity index (χ1v) is 8.63. The molecular formula is C18H22ClN5O2. The summed E-state index contributed by atoms with van der Waals surface area (Å²) in [6, 6.07) is 3.94. The third-order valence-corrected chi connectivity index (χ3v) is 5.63. The molecule has 1 amide bonds. The van der Waals surface area contributed by atoms with Crippen LogP contribution in [0.25, 0.3) is 10.9 Å². The predicted octanol–water partition coefficient (Wildman–Crippen LogP) is 1.72. The number of ether oxygens (including phenoxy) is 1. The molecule has 2 aromatic rings. The Labute approximate surface area is 157 Å². The molecule has 0 saturated carbocycles. The summed E-state index contributed by atoms with van der Waals surface area (Å²) in [6.45, 7) is 8.57. The molecule has 26 heavy (non-hydrogen) atoms. The van der Waals surface area contributed by atoms with Gasteiger partial charge in [-0.3, -0.25) is 4.79 Å². The number of hydrazone groups is 1. The highest BCUT2D eigenvalue weighted by Gasteiger charge is 2.38. The Bertz CT molecular complexity index is 947. The summed E-state index contributed by atoms with van der Waals surface area (Å²) in [5, 5.41) is 8.73. The van der Waals surface area contributed by atoms with Crippen LogP contribution in [-0.4, -0.2) is 42.0 Å². The van der Waals surface area contributed by atoms with Gasteiger partial charge in [0.25, 0.3) is 5.91 Å². The number of hydrogen-bond acceptors (Lipinski definition) is 5. The summed E-state index contributed by atoms with van der Waals surface area (Å²) < 4.78 is 8.29. The Hall–Kier alpha value is -2.25. The number of amidine groups is 1. The molecule has 8 heteroatoms. The Morgan fingerprint density at radius 3 is 2.81 bits per heavy atom. The topological polar surface area (TPSA) is 70.9 Å². The molecule has 0 radical (unpaired) electrons. The fourth-order valence-corrected chi connectivity index (χ4v) is 4.01. The number of nitrogens with one attached hydrogen (secondary N) is 2. The second kappa shape index (κ2) is 5.62. The summed E-state index contributed by atoms with van der Waals surface area (Å²) in [5.41, 5.74) is 5.97. The van der Waals surface area contributed by atoms with Crippen LogP contribution in [0.4, 0.5) is 5.69 Å². The van der Waals surface area contributed by atoms with E-state index < -0.39 is 0 Å². The van der Waals surface area contributed by atoms with Crippen molar-refractivity contribution in [1.82, 2.24) is 15.3 Å². The van der Waals surface area contributed by atoms with Gasteiger partial charge in [0.2, 0.25) is 0 Å². The highest BCUT2D eigenvalue weighted by Crippen LogP contribution is 2.41. The van der Waals surface area contributed by atoms with E-state index in [4.69, 9.17) is 4.74 Å². The van der Waals surface area contributed by atoms with Gasteiger partial charge in [-0.05, 0) is 38.5 Å². The van der Waals surface area contributed by atoms with Crippen LogP contribution in [0.1, 0.15) is 19.4 Å². The van der Waals surface area contributed by atoms with E-state index in [1.54, 1.807) is 0 Å². The summed E-state index contributed by atoms with van der Waals surface area (Å²) in [6.07, 6.45) is 2.22. The van der Waals surface area contributed by atoms with Crippen LogP contribution in [-0.2, 0) is 10.3 Å². The predicted molar refractivity (Wildman–Crippen MR) is 103 cm³/mol. The highest BCUT2D eigenvalue weighted by atomic mass is 35.5. The van der Waals surface area contributed by atoms with E-state index in [2.05, 4.69) is 52.6 Å². The van der Waals surface area contributed by atoms with E-state index in [0.29, 0.717) is 6.61 Å². The molecule has 4 heterocycles. The van der Waals surface area contributed by atoms with Crippen molar-refractivity contribution in [1.29, 1.82) is 0 Å². The van der Waals surface area contributed by atoms with Gasteiger partial charge < -0.3 is 19.5 Å². The molecule has 3 aliphatic heterocycles. The Balaban J connectivity index is 0.00000168. The number of aryl methyl sites for hydroxylation is 1. The Morgan fingerprint density at radius 1 is 1.35 bits per heavy atom. The van der Waals surface area contributed by atoms with Gasteiger partial charge in [0.15, 0.2) is 5.84 Å². The van der Waals surface area contributed by atoms with E-state index in [1.165, 1.54) is 16.5 Å². The Morgan fingerprint density at radius 2 is 2.12 bits per heavy atom. The van der Waals surface area contributed by atoms with Gasteiger partial charge in [-0.15, -0.1) is 12.4 Å². The second-order valence-electron chi connectivity index (χ2n) is 7.46. The maximum absolute atomic E-state index is 12.1. The molecule has 1 saturated heterocycles. The maximum atomic E-state index is 12.1. The minimum Gasteiger partial charge on any atom is -0.483 e. The van der Waals surface area contributed by atoms with Crippen LogP contribution < -0.4 is 20.4 Å². The van der Waals surface area contributed by atoms with Gasteiger partial charge in [-0.25, -0.2) is 5.43 Å². The molecule has 0 spiro atoms. The van der Waals surface area contributed by atoms with Gasteiger partial charge >= 0.3 is 0 Å². The SMILES string of the molecule is Cc1cn(C2(C)CNC2)c2cc3c(cc12)OCC1=NNC(=O)[C@@H](C)N13.Cl. The fraction of sp³-hybridized carbons (Fsp3) is 0.444. The maximum Gasteiger partial charge on any atom is 0.262 e. The van der Waals surface area contributed by atoms with Gasteiger partial charge in [-0.2, -0.15) is 5.10 Å². The van der Waals surface area contributed by atoms with E-state index in [-0.39, 0.29) is 29.9 Å². The zero-order chi connectivity index (χ0) is 17.3. The second-order valence-corrected chi connectivity index (χ2v) is 7.46. The molecule has 7 nitrogen and oxygen atoms in total. The molecule has 0 bridgehead atoms. The third kappa shape index (κ3) is 2.17. The van der Waals surface area contributed by atoms with Crippen molar-refractivity contribution in [3.05, 3.63) is 23.9 Å². The van der Waals surface area contributed by atoms with Crippen LogP contribution in [0.5, 0.6) is 5.75 Å². The summed E-state index contributed by atoms with van der Waals surface area (Å²) >= 11 is 0. The van der Waals surface area contributed by atoms with Crippen molar-refractivity contribution in [3.63, 3.8) is 0 Å². The average Bonchev–Trinajstić information content (AvgIpc) is 2.90. The van der Waals surface area contributed by atoms with Crippen molar-refractivity contribution in [2.75, 3.05) is 24.6 Å². The minimum atomic E-state index is -0.307. The standard InChI is InChI=1S/C18H21N5O2.ClH/c1-10-6-22(18(3)8-19-9-18)13-5-14-15(4-12(10)13)25-7-16-20-21-17(24)11(2)23(14)16;/h4-6,11,19H,7-9H2,1-3H3,(H,21,24);1H/t11-;/m1./s1. The van der Waals surface area contributed by atoms with Gasteiger partial charge in [-0.1, -0.05) is 0 Å². The lowest BCUT2D eigenvalue weighted by Crippen LogP contribution is -2.58. The number of fused-ring (bicyclic) bond motifs is 4. The van der Waals surface area contributed by atoms with Gasteiger partial charge in [0.05, 0.1) is 16.7 Å². The number of nitrogens with zero attached hydrogens (tertiary/aromatic N) is 3. The van der Waals surface area contributed by atoms with Crippen molar-refractivity contribution in [2.45, 2.75) is 32.4 Å². The summed E-state index contributed by atoms with van der Waals surface area (Å²) in [5.74, 6) is 1.45. The molecule has 1 fully saturated rings. The fourth-order valence-electron chi connectivity index (χ4n) is 4.01. The van der Waals surface area contributed by atoms with Crippen LogP contribution in [0, 0.1) is 6.92 Å². The van der Waals surface area contributed by atoms with Crippen molar-refractivity contribution in [2.24, 2.45) is 5.10 Å².